The molecular weight excluding hydrogens is 442 g/mol. The van der Waals surface area contributed by atoms with E-state index in [4.69, 9.17) is 9.72 Å². The fourth-order valence-corrected chi connectivity index (χ4v) is 5.01. The number of rotatable bonds is 5. The van der Waals surface area contributed by atoms with Crippen molar-refractivity contribution >= 4 is 11.8 Å². The molecule has 1 aromatic heterocycles. The third kappa shape index (κ3) is 5.59. The van der Waals surface area contributed by atoms with E-state index in [0.717, 1.165) is 49.4 Å². The molecule has 2 aliphatic rings. The molecule has 8 nitrogen and oxygen atoms in total. The number of hydrogen-bond donors (Lipinski definition) is 1. The van der Waals surface area contributed by atoms with Gasteiger partial charge in [-0.3, -0.25) is 9.59 Å². The summed E-state index contributed by atoms with van der Waals surface area (Å²) in [5.74, 6) is 0.447. The van der Waals surface area contributed by atoms with Crippen LogP contribution in [0.25, 0.3) is 11.4 Å². The molecule has 1 saturated heterocycles. The van der Waals surface area contributed by atoms with Crippen LogP contribution in [0.15, 0.2) is 30.3 Å². The Hall–Kier alpha value is -2.71. The number of likely N-dealkylation sites (N-methyl/N-ethyl adjacent to an activating group) is 1. The van der Waals surface area contributed by atoms with Crippen molar-refractivity contribution in [2.24, 2.45) is 5.41 Å². The molecule has 4 rings (SSSR count). The standard InChI is InChI=1S/C27H39N5O3/c1-27(2,3)23(26(34)31(5)20-12-16-35-17-13-20)29-25(33)22-21-18-30(4)14-9-15-32(21)24(28-22)19-10-7-6-8-11-19/h6-8,10-11,20,23H,9,12-18H2,1-5H3,(H,29,33)/t23-/m1/s1. The molecule has 0 radical (unpaired) electrons. The summed E-state index contributed by atoms with van der Waals surface area (Å²) in [6.45, 7) is 9.68. The summed E-state index contributed by atoms with van der Waals surface area (Å²) in [6, 6.07) is 9.46. The number of aromatic nitrogens is 2. The van der Waals surface area contributed by atoms with Crippen LogP contribution in [0.1, 0.15) is 56.2 Å². The van der Waals surface area contributed by atoms with Crippen LogP contribution in [-0.4, -0.2) is 77.1 Å². The minimum Gasteiger partial charge on any atom is -0.381 e. The minimum absolute atomic E-state index is 0.0663. The molecule has 1 aromatic carbocycles. The van der Waals surface area contributed by atoms with Gasteiger partial charge in [-0.05, 0) is 38.3 Å². The zero-order valence-corrected chi connectivity index (χ0v) is 21.7. The number of nitrogens with zero attached hydrogens (tertiary/aromatic N) is 4. The highest BCUT2D eigenvalue weighted by Crippen LogP contribution is 2.28. The molecule has 3 heterocycles. The van der Waals surface area contributed by atoms with Crippen LogP contribution in [0.5, 0.6) is 0 Å². The van der Waals surface area contributed by atoms with Gasteiger partial charge in [0.15, 0.2) is 5.69 Å². The van der Waals surface area contributed by atoms with Gasteiger partial charge in [0.25, 0.3) is 5.91 Å². The third-order valence-corrected chi connectivity index (χ3v) is 7.14. The summed E-state index contributed by atoms with van der Waals surface area (Å²) in [5, 5.41) is 3.09. The van der Waals surface area contributed by atoms with Crippen molar-refractivity contribution in [1.29, 1.82) is 0 Å². The third-order valence-electron chi connectivity index (χ3n) is 7.14. The molecule has 0 aliphatic carbocycles. The molecule has 2 aliphatic heterocycles. The average Bonchev–Trinajstić information content (AvgIpc) is 3.08. The number of hydrogen-bond acceptors (Lipinski definition) is 5. The van der Waals surface area contributed by atoms with Crippen molar-refractivity contribution in [3.05, 3.63) is 41.7 Å². The highest BCUT2D eigenvalue weighted by molar-refractivity contribution is 5.98. The normalized spacial score (nSPS) is 18.4. The highest BCUT2D eigenvalue weighted by Gasteiger charge is 2.38. The van der Waals surface area contributed by atoms with Crippen molar-refractivity contribution in [2.75, 3.05) is 33.9 Å². The minimum atomic E-state index is -0.663. The van der Waals surface area contributed by atoms with Gasteiger partial charge < -0.3 is 24.4 Å². The van der Waals surface area contributed by atoms with Crippen LogP contribution in [-0.2, 0) is 22.6 Å². The maximum atomic E-state index is 13.7. The summed E-state index contributed by atoms with van der Waals surface area (Å²) in [5.41, 5.74) is 1.84. The average molecular weight is 482 g/mol. The number of benzene rings is 1. The quantitative estimate of drug-likeness (QED) is 0.710. The monoisotopic (exact) mass is 481 g/mol. The predicted octanol–water partition coefficient (Wildman–Crippen LogP) is 3.17. The molecule has 0 saturated carbocycles. The van der Waals surface area contributed by atoms with Gasteiger partial charge in [-0.15, -0.1) is 0 Å². The van der Waals surface area contributed by atoms with Gasteiger partial charge in [-0.25, -0.2) is 4.98 Å². The molecule has 0 spiro atoms. The first-order valence-electron chi connectivity index (χ1n) is 12.7. The van der Waals surface area contributed by atoms with Crippen molar-refractivity contribution in [2.45, 2.75) is 65.2 Å². The van der Waals surface area contributed by atoms with Crippen LogP contribution in [0.2, 0.25) is 0 Å². The number of fused-ring (bicyclic) bond motifs is 1. The molecule has 190 valence electrons. The van der Waals surface area contributed by atoms with Gasteiger partial charge in [0.1, 0.15) is 11.9 Å². The first kappa shape index (κ1) is 25.4. The fourth-order valence-electron chi connectivity index (χ4n) is 5.01. The largest absolute Gasteiger partial charge is 0.381 e. The summed E-state index contributed by atoms with van der Waals surface area (Å²) in [7, 11) is 3.91. The molecule has 1 N–H and O–H groups in total. The highest BCUT2D eigenvalue weighted by atomic mass is 16.5. The fraction of sp³-hybridized carbons (Fsp3) is 0.593. The van der Waals surface area contributed by atoms with Crippen LogP contribution < -0.4 is 5.32 Å². The Morgan fingerprint density at radius 2 is 1.83 bits per heavy atom. The zero-order chi connectivity index (χ0) is 25.2. The zero-order valence-electron chi connectivity index (χ0n) is 21.7. The molecule has 35 heavy (non-hydrogen) atoms. The summed E-state index contributed by atoms with van der Waals surface area (Å²) in [4.78, 5) is 36.2. The van der Waals surface area contributed by atoms with Gasteiger partial charge in [-0.1, -0.05) is 51.1 Å². The Kier molecular flexibility index (Phi) is 7.62. The predicted molar refractivity (Wildman–Crippen MR) is 136 cm³/mol. The Morgan fingerprint density at radius 3 is 2.49 bits per heavy atom. The SMILES string of the molecule is CN1CCCn2c(-c3ccccc3)nc(C(=O)N[C@H](C(=O)N(C)C3CCOCC3)C(C)(C)C)c2C1. The molecule has 0 bridgehead atoms. The first-order valence-corrected chi connectivity index (χ1v) is 12.7. The lowest BCUT2D eigenvalue weighted by molar-refractivity contribution is -0.138. The van der Waals surface area contributed by atoms with Crippen LogP contribution in [0.3, 0.4) is 0 Å². The van der Waals surface area contributed by atoms with Crippen molar-refractivity contribution in [3.63, 3.8) is 0 Å². The molecule has 2 amide bonds. The van der Waals surface area contributed by atoms with E-state index >= 15 is 0 Å². The smallest absolute Gasteiger partial charge is 0.272 e. The molecule has 1 atom stereocenters. The second-order valence-corrected chi connectivity index (χ2v) is 10.9. The Labute approximate surface area is 208 Å². The lowest BCUT2D eigenvalue weighted by atomic mass is 9.85. The number of imidazole rings is 1. The summed E-state index contributed by atoms with van der Waals surface area (Å²) < 4.78 is 7.64. The number of ether oxygens (including phenoxy) is 1. The van der Waals surface area contributed by atoms with Gasteiger partial charge in [-0.2, -0.15) is 0 Å². The van der Waals surface area contributed by atoms with Gasteiger partial charge in [0.2, 0.25) is 5.91 Å². The van der Waals surface area contributed by atoms with Gasteiger partial charge in [0.05, 0.1) is 5.69 Å². The number of amides is 2. The van der Waals surface area contributed by atoms with Gasteiger partial charge >= 0.3 is 0 Å². The maximum absolute atomic E-state index is 13.7. The Morgan fingerprint density at radius 1 is 1.14 bits per heavy atom. The van der Waals surface area contributed by atoms with E-state index in [2.05, 4.69) is 21.8 Å². The molecule has 8 heteroatoms. The second-order valence-electron chi connectivity index (χ2n) is 10.9. The van der Waals surface area contributed by atoms with Crippen LogP contribution >= 0.6 is 0 Å². The van der Waals surface area contributed by atoms with E-state index in [9.17, 15) is 9.59 Å². The first-order chi connectivity index (χ1) is 16.7. The number of nitrogens with one attached hydrogen (secondary N) is 1. The topological polar surface area (TPSA) is 79.7 Å². The van der Waals surface area contributed by atoms with Crippen molar-refractivity contribution < 1.29 is 14.3 Å². The van der Waals surface area contributed by atoms with E-state index in [0.29, 0.717) is 25.5 Å². The van der Waals surface area contributed by atoms with Gasteiger partial charge in [0, 0.05) is 45.0 Å². The van der Waals surface area contributed by atoms with E-state index in [-0.39, 0.29) is 17.9 Å². The molecule has 0 unspecified atom stereocenters. The molecule has 1 fully saturated rings. The van der Waals surface area contributed by atoms with E-state index in [1.54, 1.807) is 4.90 Å². The Bertz CT molecular complexity index is 1040. The second kappa shape index (κ2) is 10.5. The summed E-state index contributed by atoms with van der Waals surface area (Å²) in [6.07, 6.45) is 2.61. The van der Waals surface area contributed by atoms with Crippen LogP contribution in [0.4, 0.5) is 0 Å². The van der Waals surface area contributed by atoms with E-state index in [1.165, 1.54) is 0 Å². The van der Waals surface area contributed by atoms with Crippen molar-refractivity contribution in [1.82, 2.24) is 24.7 Å². The number of carbonyl (C=O) groups is 2. The molecular formula is C27H39N5O3. The van der Waals surface area contributed by atoms with Crippen molar-refractivity contribution in [3.8, 4) is 11.4 Å². The number of carbonyl (C=O) groups excluding carboxylic acids is 2. The van der Waals surface area contributed by atoms with E-state index in [1.807, 2.05) is 58.2 Å². The summed E-state index contributed by atoms with van der Waals surface area (Å²) >= 11 is 0. The van der Waals surface area contributed by atoms with Crippen LogP contribution in [0, 0.1) is 5.41 Å². The maximum Gasteiger partial charge on any atom is 0.272 e. The lowest BCUT2D eigenvalue weighted by Crippen LogP contribution is -2.56. The lowest BCUT2D eigenvalue weighted by Gasteiger charge is -2.38. The Balaban J connectivity index is 1.65. The van der Waals surface area contributed by atoms with E-state index < -0.39 is 11.5 Å². The molecule has 2 aromatic rings.